The molecule has 0 amide bonds. The molecule has 0 spiro atoms. The van der Waals surface area contributed by atoms with Crippen LogP contribution in [0.4, 0.5) is 0 Å². The Balaban J connectivity index is 2.00. The molecule has 0 bridgehead atoms. The Hall–Kier alpha value is -0.930. The van der Waals surface area contributed by atoms with Gasteiger partial charge in [0.25, 0.3) is 0 Å². The minimum absolute atomic E-state index is 0.0880. The van der Waals surface area contributed by atoms with Crippen LogP contribution >= 0.6 is 0 Å². The van der Waals surface area contributed by atoms with Gasteiger partial charge in [-0.05, 0) is 30.9 Å². The van der Waals surface area contributed by atoms with E-state index in [1.165, 1.54) is 6.42 Å². The van der Waals surface area contributed by atoms with Gasteiger partial charge in [-0.3, -0.25) is 4.98 Å². The zero-order chi connectivity index (χ0) is 10.7. The summed E-state index contributed by atoms with van der Waals surface area (Å²) in [5, 5.41) is 10.0. The largest absolute Gasteiger partial charge is 0.388 e. The van der Waals surface area contributed by atoms with Crippen LogP contribution in [-0.2, 0) is 4.74 Å². The third kappa shape index (κ3) is 2.19. The molecular formula is C12H17NO2. The number of hydrogen-bond donors (Lipinski definition) is 1. The van der Waals surface area contributed by atoms with Gasteiger partial charge in [-0.2, -0.15) is 0 Å². The molecule has 1 aromatic heterocycles. The van der Waals surface area contributed by atoms with Crippen LogP contribution in [0.2, 0.25) is 0 Å². The van der Waals surface area contributed by atoms with Crippen LogP contribution in [0.3, 0.4) is 0 Å². The van der Waals surface area contributed by atoms with E-state index in [0.29, 0.717) is 6.42 Å². The Morgan fingerprint density at radius 1 is 1.60 bits per heavy atom. The van der Waals surface area contributed by atoms with Gasteiger partial charge in [-0.25, -0.2) is 0 Å². The van der Waals surface area contributed by atoms with Gasteiger partial charge in [0.05, 0.1) is 11.7 Å². The predicted octanol–water partition coefficient (Wildman–Crippen LogP) is 2.07. The summed E-state index contributed by atoms with van der Waals surface area (Å²) in [4.78, 5) is 4.00. The van der Waals surface area contributed by atoms with Crippen LogP contribution in [0, 0.1) is 0 Å². The van der Waals surface area contributed by atoms with Crippen molar-refractivity contribution in [3.05, 3.63) is 30.1 Å². The Morgan fingerprint density at radius 2 is 2.40 bits per heavy atom. The van der Waals surface area contributed by atoms with Crippen molar-refractivity contribution in [1.82, 2.24) is 4.98 Å². The molecule has 82 valence electrons. The fourth-order valence-corrected chi connectivity index (χ4v) is 2.11. The lowest BCUT2D eigenvalue weighted by atomic mass is 9.75. The first-order chi connectivity index (χ1) is 7.26. The van der Waals surface area contributed by atoms with E-state index in [2.05, 4.69) is 4.98 Å². The molecule has 0 radical (unpaired) electrons. The predicted molar refractivity (Wildman–Crippen MR) is 57.4 cm³/mol. The van der Waals surface area contributed by atoms with Crippen LogP contribution in [0.25, 0.3) is 0 Å². The van der Waals surface area contributed by atoms with Crippen LogP contribution in [0.1, 0.15) is 37.4 Å². The van der Waals surface area contributed by atoms with Gasteiger partial charge in [0.2, 0.25) is 0 Å². The maximum Gasteiger partial charge on any atom is 0.0832 e. The Kier molecular flexibility index (Phi) is 3.03. The van der Waals surface area contributed by atoms with Crippen molar-refractivity contribution >= 4 is 0 Å². The molecule has 3 nitrogen and oxygen atoms in total. The lowest BCUT2D eigenvalue weighted by molar-refractivity contribution is -0.0999. The number of methoxy groups -OCH3 is 1. The van der Waals surface area contributed by atoms with Gasteiger partial charge in [0.15, 0.2) is 0 Å². The molecule has 3 heteroatoms. The van der Waals surface area contributed by atoms with Crippen LogP contribution in [0.15, 0.2) is 24.5 Å². The van der Waals surface area contributed by atoms with Crippen molar-refractivity contribution in [2.24, 2.45) is 0 Å². The number of rotatable bonds is 4. The second-order valence-electron chi connectivity index (χ2n) is 4.25. The lowest BCUT2D eigenvalue weighted by Gasteiger charge is -2.41. The lowest BCUT2D eigenvalue weighted by Crippen LogP contribution is -2.40. The summed E-state index contributed by atoms with van der Waals surface area (Å²) in [5.74, 6) is 0. The van der Waals surface area contributed by atoms with Crippen molar-refractivity contribution in [2.45, 2.75) is 37.4 Å². The molecule has 1 fully saturated rings. The van der Waals surface area contributed by atoms with Gasteiger partial charge >= 0.3 is 0 Å². The monoisotopic (exact) mass is 207 g/mol. The molecule has 0 aliphatic heterocycles. The number of aromatic nitrogens is 1. The summed E-state index contributed by atoms with van der Waals surface area (Å²) < 4.78 is 5.49. The smallest absolute Gasteiger partial charge is 0.0832 e. The third-order valence-corrected chi connectivity index (χ3v) is 3.33. The molecule has 1 atom stereocenters. The highest BCUT2D eigenvalue weighted by molar-refractivity contribution is 5.13. The maximum atomic E-state index is 10.0. The number of pyridine rings is 1. The summed E-state index contributed by atoms with van der Waals surface area (Å²) in [6.07, 6.45) is 6.96. The van der Waals surface area contributed by atoms with Crippen LogP contribution in [0.5, 0.6) is 0 Å². The van der Waals surface area contributed by atoms with E-state index in [1.54, 1.807) is 19.5 Å². The first-order valence-electron chi connectivity index (χ1n) is 5.39. The number of ether oxygens (including phenoxy) is 1. The summed E-state index contributed by atoms with van der Waals surface area (Å²) in [7, 11) is 1.73. The highest BCUT2D eigenvalue weighted by atomic mass is 16.5. The number of aliphatic hydroxyl groups excluding tert-OH is 1. The first-order valence-corrected chi connectivity index (χ1v) is 5.39. The number of hydrogen-bond acceptors (Lipinski definition) is 3. The third-order valence-electron chi connectivity index (χ3n) is 3.33. The van der Waals surface area contributed by atoms with Crippen LogP contribution < -0.4 is 0 Å². The van der Waals surface area contributed by atoms with Gasteiger partial charge < -0.3 is 9.84 Å². The average molecular weight is 207 g/mol. The molecule has 0 aromatic carbocycles. The van der Waals surface area contributed by atoms with E-state index >= 15 is 0 Å². The second kappa shape index (κ2) is 4.29. The Bertz CT molecular complexity index is 303. The SMILES string of the molecule is COC1(CC(O)c2cccnc2)CCC1. The van der Waals surface area contributed by atoms with Crippen molar-refractivity contribution in [2.75, 3.05) is 7.11 Å². The van der Waals surface area contributed by atoms with Crippen molar-refractivity contribution < 1.29 is 9.84 Å². The van der Waals surface area contributed by atoms with Crippen molar-refractivity contribution in [1.29, 1.82) is 0 Å². The number of nitrogens with zero attached hydrogens (tertiary/aromatic N) is 1. The fourth-order valence-electron chi connectivity index (χ4n) is 2.11. The minimum Gasteiger partial charge on any atom is -0.388 e. The number of aliphatic hydroxyl groups is 1. The van der Waals surface area contributed by atoms with Crippen molar-refractivity contribution in [3.63, 3.8) is 0 Å². The van der Waals surface area contributed by atoms with E-state index in [0.717, 1.165) is 18.4 Å². The zero-order valence-corrected chi connectivity index (χ0v) is 9.02. The minimum atomic E-state index is -0.459. The Labute approximate surface area is 90.1 Å². The first kappa shape index (κ1) is 10.6. The van der Waals surface area contributed by atoms with E-state index in [1.807, 2.05) is 12.1 Å². The summed E-state index contributed by atoms with van der Waals surface area (Å²) in [6.45, 7) is 0. The van der Waals surface area contributed by atoms with E-state index in [-0.39, 0.29) is 5.60 Å². The van der Waals surface area contributed by atoms with E-state index in [4.69, 9.17) is 4.74 Å². The molecule has 1 aromatic rings. The fraction of sp³-hybridized carbons (Fsp3) is 0.583. The molecule has 1 aliphatic rings. The average Bonchev–Trinajstić information content (AvgIpc) is 2.24. The molecule has 1 saturated carbocycles. The molecule has 2 rings (SSSR count). The van der Waals surface area contributed by atoms with Crippen molar-refractivity contribution in [3.8, 4) is 0 Å². The van der Waals surface area contributed by atoms with Gasteiger partial charge in [0.1, 0.15) is 0 Å². The zero-order valence-electron chi connectivity index (χ0n) is 9.02. The van der Waals surface area contributed by atoms with Gasteiger partial charge in [0, 0.05) is 25.9 Å². The molecular weight excluding hydrogens is 190 g/mol. The molecule has 1 N–H and O–H groups in total. The Morgan fingerprint density at radius 3 is 2.87 bits per heavy atom. The highest BCUT2D eigenvalue weighted by Gasteiger charge is 2.38. The normalized spacial score (nSPS) is 20.7. The van der Waals surface area contributed by atoms with E-state index in [9.17, 15) is 5.11 Å². The molecule has 1 aliphatic carbocycles. The molecule has 15 heavy (non-hydrogen) atoms. The quantitative estimate of drug-likeness (QED) is 0.821. The summed E-state index contributed by atoms with van der Waals surface area (Å²) in [5.41, 5.74) is 0.788. The standard InChI is InChI=1S/C12H17NO2/c1-15-12(5-3-6-12)8-11(14)10-4-2-7-13-9-10/h2,4,7,9,11,14H,3,5-6,8H2,1H3. The maximum absolute atomic E-state index is 10.0. The molecule has 1 heterocycles. The van der Waals surface area contributed by atoms with E-state index < -0.39 is 6.10 Å². The molecule has 0 saturated heterocycles. The molecule has 1 unspecified atom stereocenters. The second-order valence-corrected chi connectivity index (χ2v) is 4.25. The highest BCUT2D eigenvalue weighted by Crippen LogP contribution is 2.41. The summed E-state index contributed by atoms with van der Waals surface area (Å²) >= 11 is 0. The topological polar surface area (TPSA) is 42.4 Å². The summed E-state index contributed by atoms with van der Waals surface area (Å²) in [6, 6.07) is 3.75. The van der Waals surface area contributed by atoms with Gasteiger partial charge in [-0.1, -0.05) is 6.07 Å². The van der Waals surface area contributed by atoms with Gasteiger partial charge in [-0.15, -0.1) is 0 Å². The van der Waals surface area contributed by atoms with Crippen LogP contribution in [-0.4, -0.2) is 22.8 Å².